The second-order valence-corrected chi connectivity index (χ2v) is 8.42. The molecule has 0 aliphatic carbocycles. The van der Waals surface area contributed by atoms with E-state index in [-0.39, 0.29) is 12.2 Å². The first-order valence-corrected chi connectivity index (χ1v) is 10.3. The molecule has 1 unspecified atom stereocenters. The molecule has 10 heteroatoms. The van der Waals surface area contributed by atoms with Gasteiger partial charge in [0.25, 0.3) is 0 Å². The second kappa shape index (κ2) is 9.05. The van der Waals surface area contributed by atoms with Crippen LogP contribution in [0.3, 0.4) is 0 Å². The normalized spacial score (nSPS) is 16.3. The van der Waals surface area contributed by atoms with Crippen LogP contribution in [0.2, 0.25) is 0 Å². The maximum atomic E-state index is 13.0. The number of carboxylic acid groups (broad SMARTS) is 1. The Bertz CT molecular complexity index is 927. The minimum atomic E-state index is -4.72. The molecule has 1 N–H and O–H groups in total. The van der Waals surface area contributed by atoms with Crippen molar-refractivity contribution in [3.8, 4) is 5.75 Å². The third kappa shape index (κ3) is 5.96. The van der Waals surface area contributed by atoms with Gasteiger partial charge in [0, 0.05) is 31.9 Å². The van der Waals surface area contributed by atoms with Gasteiger partial charge in [-0.1, -0.05) is 6.07 Å². The van der Waals surface area contributed by atoms with Crippen LogP contribution in [-0.4, -0.2) is 52.1 Å². The van der Waals surface area contributed by atoms with Crippen LogP contribution in [0.5, 0.6) is 5.75 Å². The molecule has 1 aliphatic rings. The van der Waals surface area contributed by atoms with Gasteiger partial charge in [-0.3, -0.25) is 4.79 Å². The number of carbonyl (C=O) groups is 1. The summed E-state index contributed by atoms with van der Waals surface area (Å²) in [7, 11) is -1.42. The van der Waals surface area contributed by atoms with Crippen molar-refractivity contribution in [3.63, 3.8) is 0 Å². The zero-order valence-corrected chi connectivity index (χ0v) is 17.0. The second-order valence-electron chi connectivity index (χ2n) is 6.93. The van der Waals surface area contributed by atoms with Crippen molar-refractivity contribution >= 4 is 22.6 Å². The van der Waals surface area contributed by atoms with Gasteiger partial charge in [0.15, 0.2) is 0 Å². The Morgan fingerprint density at radius 1 is 1.10 bits per heavy atom. The molecule has 1 aliphatic heterocycles. The summed E-state index contributed by atoms with van der Waals surface area (Å²) in [5, 5.41) is 8.99. The summed E-state index contributed by atoms with van der Waals surface area (Å²) in [6.07, 6.45) is -4.86. The molecule has 2 aromatic carbocycles. The molecule has 0 aromatic heterocycles. The molecular formula is C20H21F3N2O4S. The molecule has 0 bridgehead atoms. The van der Waals surface area contributed by atoms with E-state index in [1.165, 1.54) is 12.1 Å². The minimum absolute atomic E-state index is 0.131. The van der Waals surface area contributed by atoms with Crippen molar-refractivity contribution in [1.29, 1.82) is 0 Å². The van der Waals surface area contributed by atoms with Crippen molar-refractivity contribution in [2.24, 2.45) is 0 Å². The zero-order chi connectivity index (χ0) is 21.9. The standard InChI is InChI=1S/C20H21F3N2O4S/c1-14-10-15(13-19(26)27)12-18(11-14)30(28)25-8-6-24(7-9-25)16-2-4-17(5-3-16)29-20(21,22)23/h2-5,10-12H,6-9,13H2,1H3,(H,26,27). The smallest absolute Gasteiger partial charge is 0.481 e. The number of piperazine rings is 1. The van der Waals surface area contributed by atoms with E-state index in [0.29, 0.717) is 36.6 Å². The average Bonchev–Trinajstić information content (AvgIpc) is 2.66. The fraction of sp³-hybridized carbons (Fsp3) is 0.350. The summed E-state index contributed by atoms with van der Waals surface area (Å²) >= 11 is 0. The molecule has 3 rings (SSSR count). The summed E-state index contributed by atoms with van der Waals surface area (Å²) in [6, 6.07) is 10.9. The van der Waals surface area contributed by atoms with E-state index in [1.807, 2.05) is 11.8 Å². The molecule has 30 heavy (non-hydrogen) atoms. The summed E-state index contributed by atoms with van der Waals surface area (Å²) in [6.45, 7) is 3.93. The highest BCUT2D eigenvalue weighted by Crippen LogP contribution is 2.26. The number of ether oxygens (including phenoxy) is 1. The SMILES string of the molecule is Cc1cc(CC(=O)O)cc(S(=O)N2CCN(c3ccc(OC(F)(F)F)cc3)CC2)c1. The molecule has 6 nitrogen and oxygen atoms in total. The number of hydrogen-bond acceptors (Lipinski definition) is 4. The van der Waals surface area contributed by atoms with E-state index >= 15 is 0 Å². The lowest BCUT2D eigenvalue weighted by Gasteiger charge is -2.35. The van der Waals surface area contributed by atoms with Gasteiger partial charge in [-0.2, -0.15) is 0 Å². The van der Waals surface area contributed by atoms with E-state index in [9.17, 15) is 22.2 Å². The summed E-state index contributed by atoms with van der Waals surface area (Å²) in [5.41, 5.74) is 2.21. The molecule has 1 heterocycles. The van der Waals surface area contributed by atoms with E-state index in [4.69, 9.17) is 5.11 Å². The summed E-state index contributed by atoms with van der Waals surface area (Å²) in [4.78, 5) is 13.5. The van der Waals surface area contributed by atoms with Gasteiger partial charge < -0.3 is 14.7 Å². The van der Waals surface area contributed by atoms with Crippen molar-refractivity contribution in [3.05, 3.63) is 53.6 Å². The summed E-state index contributed by atoms with van der Waals surface area (Å²) < 4.78 is 55.5. The van der Waals surface area contributed by atoms with Crippen LogP contribution in [0.15, 0.2) is 47.4 Å². The molecule has 1 atom stereocenters. The molecule has 0 amide bonds. The van der Waals surface area contributed by atoms with Gasteiger partial charge in [0.05, 0.1) is 11.3 Å². The van der Waals surface area contributed by atoms with Crippen molar-refractivity contribution < 1.29 is 32.0 Å². The largest absolute Gasteiger partial charge is 0.573 e. The minimum Gasteiger partial charge on any atom is -0.481 e. The number of carboxylic acids is 1. The Kier molecular flexibility index (Phi) is 6.67. The number of halogens is 3. The lowest BCUT2D eigenvalue weighted by atomic mass is 10.1. The van der Waals surface area contributed by atoms with Gasteiger partial charge in [-0.05, 0) is 54.4 Å². The van der Waals surface area contributed by atoms with Crippen LogP contribution in [0.1, 0.15) is 11.1 Å². The topological polar surface area (TPSA) is 70.1 Å². The van der Waals surface area contributed by atoms with Gasteiger partial charge in [-0.15, -0.1) is 13.2 Å². The van der Waals surface area contributed by atoms with Crippen LogP contribution in [-0.2, 0) is 22.2 Å². The molecule has 0 saturated carbocycles. The van der Waals surface area contributed by atoms with Crippen LogP contribution in [0, 0.1) is 6.92 Å². The Morgan fingerprint density at radius 2 is 1.73 bits per heavy atom. The number of rotatable bonds is 6. The Balaban J connectivity index is 1.62. The monoisotopic (exact) mass is 442 g/mol. The highest BCUT2D eigenvalue weighted by atomic mass is 32.2. The number of alkyl halides is 3. The number of hydrogen-bond donors (Lipinski definition) is 1. The quantitative estimate of drug-likeness (QED) is 0.743. The zero-order valence-electron chi connectivity index (χ0n) is 16.2. The maximum Gasteiger partial charge on any atom is 0.573 e. The fourth-order valence-corrected chi connectivity index (χ4v) is 4.65. The Hall–Kier alpha value is -2.59. The molecule has 2 aromatic rings. The van der Waals surface area contributed by atoms with Gasteiger partial charge >= 0.3 is 12.3 Å². The van der Waals surface area contributed by atoms with Gasteiger partial charge in [0.2, 0.25) is 0 Å². The molecular weight excluding hydrogens is 421 g/mol. The maximum absolute atomic E-state index is 13.0. The van der Waals surface area contributed by atoms with Crippen molar-refractivity contribution in [2.75, 3.05) is 31.1 Å². The van der Waals surface area contributed by atoms with Gasteiger partial charge in [-0.25, -0.2) is 8.51 Å². The predicted octanol–water partition coefficient (Wildman–Crippen LogP) is 3.37. The third-order valence-corrected chi connectivity index (χ3v) is 6.05. The molecule has 0 spiro atoms. The number of aliphatic carboxylic acids is 1. The molecule has 0 radical (unpaired) electrons. The van der Waals surface area contributed by atoms with E-state index in [0.717, 1.165) is 11.3 Å². The highest BCUT2D eigenvalue weighted by molar-refractivity contribution is 7.82. The first-order chi connectivity index (χ1) is 14.1. The van der Waals surface area contributed by atoms with Crippen LogP contribution < -0.4 is 9.64 Å². The number of nitrogens with zero attached hydrogens (tertiary/aromatic N) is 2. The number of aryl methyl sites for hydroxylation is 1. The number of benzene rings is 2. The molecule has 162 valence electrons. The lowest BCUT2D eigenvalue weighted by molar-refractivity contribution is -0.274. The van der Waals surface area contributed by atoms with E-state index in [2.05, 4.69) is 4.74 Å². The third-order valence-electron chi connectivity index (χ3n) is 4.58. The van der Waals surface area contributed by atoms with E-state index in [1.54, 1.807) is 34.6 Å². The van der Waals surface area contributed by atoms with Crippen LogP contribution in [0.25, 0.3) is 0 Å². The Labute approximate surface area is 174 Å². The predicted molar refractivity (Wildman–Crippen MR) is 106 cm³/mol. The summed E-state index contributed by atoms with van der Waals surface area (Å²) in [5.74, 6) is -1.22. The Morgan fingerprint density at radius 3 is 2.30 bits per heavy atom. The van der Waals surface area contributed by atoms with Crippen molar-refractivity contribution in [2.45, 2.75) is 24.6 Å². The molecule has 1 fully saturated rings. The van der Waals surface area contributed by atoms with Gasteiger partial charge in [0.1, 0.15) is 16.7 Å². The first kappa shape index (κ1) is 22.1. The first-order valence-electron chi connectivity index (χ1n) is 9.21. The van der Waals surface area contributed by atoms with Crippen molar-refractivity contribution in [1.82, 2.24) is 4.31 Å². The van der Waals surface area contributed by atoms with E-state index < -0.39 is 23.3 Å². The lowest BCUT2D eigenvalue weighted by Crippen LogP contribution is -2.46. The number of anilines is 1. The fourth-order valence-electron chi connectivity index (χ4n) is 3.32. The van der Waals surface area contributed by atoms with Crippen LogP contribution in [0.4, 0.5) is 18.9 Å². The molecule has 1 saturated heterocycles. The highest BCUT2D eigenvalue weighted by Gasteiger charge is 2.31. The van der Waals surface area contributed by atoms with Crippen LogP contribution >= 0.6 is 0 Å². The average molecular weight is 442 g/mol.